The summed E-state index contributed by atoms with van der Waals surface area (Å²) < 4.78 is 40.8. The van der Waals surface area contributed by atoms with Gasteiger partial charge < -0.3 is 19.5 Å². The fourth-order valence-corrected chi connectivity index (χ4v) is 3.34. The average molecular weight is 410 g/mol. The molecule has 0 atom stereocenters. The summed E-state index contributed by atoms with van der Waals surface area (Å²) in [5.41, 5.74) is 0.636. The molecule has 0 fully saturated rings. The maximum atomic E-state index is 12.7. The van der Waals surface area contributed by atoms with Crippen molar-refractivity contribution < 1.29 is 32.3 Å². The van der Waals surface area contributed by atoms with Crippen molar-refractivity contribution in [3.05, 3.63) is 42.0 Å². The maximum absolute atomic E-state index is 12.7. The number of sulfonamides is 1. The molecular formula is C18H22N2O7S. The Morgan fingerprint density at radius 1 is 0.893 bits per heavy atom. The number of nitrogens with zero attached hydrogens (tertiary/aromatic N) is 1. The van der Waals surface area contributed by atoms with E-state index in [9.17, 15) is 13.2 Å². The van der Waals surface area contributed by atoms with Crippen molar-refractivity contribution in [3.8, 4) is 17.2 Å². The Hall–Kier alpha value is -2.82. The van der Waals surface area contributed by atoms with E-state index < -0.39 is 15.9 Å². The number of hydrogen-bond donors (Lipinski definition) is 1. The van der Waals surface area contributed by atoms with Crippen LogP contribution in [-0.2, 0) is 14.9 Å². The number of benzene rings is 2. The molecule has 28 heavy (non-hydrogen) atoms. The molecule has 1 N–H and O–H groups in total. The van der Waals surface area contributed by atoms with Gasteiger partial charge in [0.05, 0.1) is 38.9 Å². The van der Waals surface area contributed by atoms with Crippen molar-refractivity contribution in [2.24, 2.45) is 0 Å². The van der Waals surface area contributed by atoms with E-state index in [1.807, 2.05) is 0 Å². The molecule has 0 saturated heterocycles. The summed E-state index contributed by atoms with van der Waals surface area (Å²) >= 11 is 0. The number of carbonyl (C=O) groups is 1. The van der Waals surface area contributed by atoms with Gasteiger partial charge in [-0.2, -0.15) is 0 Å². The van der Waals surface area contributed by atoms with E-state index in [0.29, 0.717) is 22.9 Å². The Kier molecular flexibility index (Phi) is 6.84. The van der Waals surface area contributed by atoms with Crippen LogP contribution in [0.4, 0.5) is 5.69 Å². The van der Waals surface area contributed by atoms with Crippen LogP contribution in [0.5, 0.6) is 17.2 Å². The molecule has 0 aromatic heterocycles. The second-order valence-corrected chi connectivity index (χ2v) is 7.42. The van der Waals surface area contributed by atoms with E-state index in [1.165, 1.54) is 65.8 Å². The highest BCUT2D eigenvalue weighted by molar-refractivity contribution is 7.89. The van der Waals surface area contributed by atoms with Crippen LogP contribution in [-0.4, -0.2) is 54.3 Å². The molecule has 2 aromatic rings. The Bertz CT molecular complexity index is 943. The van der Waals surface area contributed by atoms with Gasteiger partial charge in [-0.1, -0.05) is 4.47 Å². The third-order valence-corrected chi connectivity index (χ3v) is 5.65. The lowest BCUT2D eigenvalue weighted by atomic mass is 10.1. The quantitative estimate of drug-likeness (QED) is 0.665. The Morgan fingerprint density at radius 2 is 1.43 bits per heavy atom. The zero-order valence-corrected chi connectivity index (χ0v) is 17.0. The molecule has 0 radical (unpaired) electrons. The smallest absolute Gasteiger partial charge is 0.264 e. The first-order chi connectivity index (χ1) is 13.3. The van der Waals surface area contributed by atoms with Crippen LogP contribution in [0, 0.1) is 0 Å². The minimum absolute atomic E-state index is 0.0264. The first-order valence-corrected chi connectivity index (χ1v) is 9.47. The van der Waals surface area contributed by atoms with E-state index >= 15 is 0 Å². The van der Waals surface area contributed by atoms with Gasteiger partial charge in [-0.25, -0.2) is 8.42 Å². The molecule has 2 rings (SSSR count). The Labute approximate surface area is 163 Å². The van der Waals surface area contributed by atoms with E-state index in [4.69, 9.17) is 19.0 Å². The molecule has 0 heterocycles. The molecule has 0 aliphatic carbocycles. The standard InChI is InChI=1S/C18H22N2O7S/c1-20(27-5)28(22,23)13-8-6-12(7-9-13)19-18(21)14-10-16(25-3)17(26-4)11-15(14)24-2/h6-11H,1-5H3,(H,19,21). The Balaban J connectivity index is 2.28. The van der Waals surface area contributed by atoms with E-state index in [1.54, 1.807) is 6.07 Å². The number of rotatable bonds is 8. The van der Waals surface area contributed by atoms with Crippen LogP contribution in [0.3, 0.4) is 0 Å². The van der Waals surface area contributed by atoms with Gasteiger partial charge in [-0.05, 0) is 24.3 Å². The summed E-state index contributed by atoms with van der Waals surface area (Å²) in [6.07, 6.45) is 0. The van der Waals surface area contributed by atoms with E-state index in [-0.39, 0.29) is 10.5 Å². The van der Waals surface area contributed by atoms with Crippen molar-refractivity contribution >= 4 is 21.6 Å². The summed E-state index contributed by atoms with van der Waals surface area (Å²) in [6, 6.07) is 8.73. The van der Waals surface area contributed by atoms with Crippen LogP contribution in [0.1, 0.15) is 10.4 Å². The highest BCUT2D eigenvalue weighted by Gasteiger charge is 2.21. The average Bonchev–Trinajstić information content (AvgIpc) is 2.72. The molecule has 10 heteroatoms. The minimum atomic E-state index is -3.77. The van der Waals surface area contributed by atoms with Crippen LogP contribution in [0.15, 0.2) is 41.3 Å². The number of nitrogens with one attached hydrogen (secondary N) is 1. The molecule has 0 aliphatic heterocycles. The highest BCUT2D eigenvalue weighted by atomic mass is 32.2. The van der Waals surface area contributed by atoms with Gasteiger partial charge in [0.15, 0.2) is 11.5 Å². The van der Waals surface area contributed by atoms with Crippen molar-refractivity contribution in [3.63, 3.8) is 0 Å². The monoisotopic (exact) mass is 410 g/mol. The summed E-state index contributed by atoms with van der Waals surface area (Å²) in [5, 5.41) is 2.69. The molecule has 0 aliphatic rings. The minimum Gasteiger partial charge on any atom is -0.496 e. The predicted octanol–water partition coefficient (Wildman–Crippen LogP) is 2.15. The molecule has 0 saturated carbocycles. The lowest BCUT2D eigenvalue weighted by Crippen LogP contribution is -2.25. The number of methoxy groups -OCH3 is 3. The van der Waals surface area contributed by atoms with Crippen LogP contribution in [0.2, 0.25) is 0 Å². The van der Waals surface area contributed by atoms with Crippen molar-refractivity contribution in [1.82, 2.24) is 4.47 Å². The molecule has 2 aromatic carbocycles. The molecule has 0 unspecified atom stereocenters. The largest absolute Gasteiger partial charge is 0.496 e. The molecular weight excluding hydrogens is 388 g/mol. The van der Waals surface area contributed by atoms with Gasteiger partial charge in [-0.3, -0.25) is 9.63 Å². The summed E-state index contributed by atoms with van der Waals surface area (Å²) in [6.45, 7) is 0. The fraction of sp³-hybridized carbons (Fsp3) is 0.278. The first-order valence-electron chi connectivity index (χ1n) is 8.03. The lowest BCUT2D eigenvalue weighted by Gasteiger charge is -2.15. The molecule has 9 nitrogen and oxygen atoms in total. The number of ether oxygens (including phenoxy) is 3. The fourth-order valence-electron chi connectivity index (χ4n) is 2.36. The van der Waals surface area contributed by atoms with Gasteiger partial charge in [0.1, 0.15) is 5.75 Å². The molecule has 0 spiro atoms. The molecule has 0 bridgehead atoms. The van der Waals surface area contributed by atoms with Gasteiger partial charge in [0.2, 0.25) is 0 Å². The third kappa shape index (κ3) is 4.35. The zero-order valence-electron chi connectivity index (χ0n) is 16.2. The Morgan fingerprint density at radius 3 is 1.93 bits per heavy atom. The second-order valence-electron chi connectivity index (χ2n) is 5.48. The number of amides is 1. The van der Waals surface area contributed by atoms with Crippen molar-refractivity contribution in [2.45, 2.75) is 4.90 Å². The number of hydroxylamine groups is 1. The first kappa shape index (κ1) is 21.5. The topological polar surface area (TPSA) is 103 Å². The lowest BCUT2D eigenvalue weighted by molar-refractivity contribution is -0.0258. The second kappa shape index (κ2) is 8.91. The van der Waals surface area contributed by atoms with Gasteiger partial charge >= 0.3 is 0 Å². The summed E-state index contributed by atoms with van der Waals surface area (Å²) in [5.74, 6) is 0.642. The van der Waals surface area contributed by atoms with Crippen LogP contribution < -0.4 is 19.5 Å². The van der Waals surface area contributed by atoms with Gasteiger partial charge in [0, 0.05) is 24.9 Å². The van der Waals surface area contributed by atoms with Crippen LogP contribution in [0.25, 0.3) is 0 Å². The predicted molar refractivity (Wildman–Crippen MR) is 102 cm³/mol. The summed E-state index contributed by atoms with van der Waals surface area (Å²) in [4.78, 5) is 17.4. The van der Waals surface area contributed by atoms with Gasteiger partial charge in [-0.15, -0.1) is 0 Å². The van der Waals surface area contributed by atoms with Crippen molar-refractivity contribution in [1.29, 1.82) is 0 Å². The van der Waals surface area contributed by atoms with E-state index in [0.717, 1.165) is 4.47 Å². The normalized spacial score (nSPS) is 11.2. The van der Waals surface area contributed by atoms with E-state index in [2.05, 4.69) is 5.32 Å². The highest BCUT2D eigenvalue weighted by Crippen LogP contribution is 2.35. The van der Waals surface area contributed by atoms with Crippen LogP contribution >= 0.6 is 0 Å². The number of carbonyl (C=O) groups excluding carboxylic acids is 1. The zero-order chi connectivity index (χ0) is 20.9. The number of anilines is 1. The number of hydrogen-bond acceptors (Lipinski definition) is 7. The summed E-state index contributed by atoms with van der Waals surface area (Å²) in [7, 11) is 3.15. The van der Waals surface area contributed by atoms with Gasteiger partial charge in [0.25, 0.3) is 15.9 Å². The molecule has 1 amide bonds. The third-order valence-electron chi connectivity index (χ3n) is 3.96. The molecule has 152 valence electrons. The maximum Gasteiger partial charge on any atom is 0.264 e. The van der Waals surface area contributed by atoms with Crippen molar-refractivity contribution in [2.75, 3.05) is 40.8 Å². The SMILES string of the molecule is COc1cc(OC)c(C(=O)Nc2ccc(S(=O)(=O)N(C)OC)cc2)cc1OC.